The van der Waals surface area contributed by atoms with Crippen molar-refractivity contribution in [2.75, 3.05) is 34.4 Å². The van der Waals surface area contributed by atoms with Crippen molar-refractivity contribution < 1.29 is 13.3 Å². The number of hydrogen-bond donors (Lipinski definition) is 1. The van der Waals surface area contributed by atoms with Crippen LogP contribution in [0.5, 0.6) is 0 Å². The monoisotopic (exact) mass is 297 g/mol. The lowest BCUT2D eigenvalue weighted by Gasteiger charge is -2.24. The van der Waals surface area contributed by atoms with E-state index in [2.05, 4.69) is 35.6 Å². The molecule has 0 radical (unpaired) electrons. The molecule has 1 rings (SSSR count). The van der Waals surface area contributed by atoms with Crippen LogP contribution in [0.3, 0.4) is 0 Å². The highest BCUT2D eigenvalue weighted by molar-refractivity contribution is 6.60. The summed E-state index contributed by atoms with van der Waals surface area (Å²) in [4.78, 5) is 0. The summed E-state index contributed by atoms with van der Waals surface area (Å²) in [5, 5.41) is 3.47. The summed E-state index contributed by atoms with van der Waals surface area (Å²) in [5.41, 5.74) is 1.38. The quantitative estimate of drug-likeness (QED) is 0.503. The Morgan fingerprint density at radius 2 is 1.55 bits per heavy atom. The Morgan fingerprint density at radius 3 is 2.15 bits per heavy atom. The fraction of sp³-hybridized carbons (Fsp3) is 0.600. The predicted molar refractivity (Wildman–Crippen MR) is 83.8 cm³/mol. The molecule has 0 unspecified atom stereocenters. The molecular weight excluding hydrogens is 270 g/mol. The Hall–Kier alpha value is -0.723. The van der Waals surface area contributed by atoms with Crippen molar-refractivity contribution in [1.29, 1.82) is 0 Å². The van der Waals surface area contributed by atoms with Crippen LogP contribution in [0.4, 0.5) is 0 Å². The van der Waals surface area contributed by atoms with Crippen LogP contribution in [0.15, 0.2) is 30.3 Å². The number of unbranched alkanes of at least 4 members (excludes halogenated alkanes) is 1. The van der Waals surface area contributed by atoms with E-state index in [0.29, 0.717) is 0 Å². The summed E-state index contributed by atoms with van der Waals surface area (Å²) in [6, 6.07) is 11.4. The number of benzene rings is 1. The molecule has 0 heterocycles. The Balaban J connectivity index is 2.05. The van der Waals surface area contributed by atoms with Gasteiger partial charge in [-0.05, 0) is 37.9 Å². The summed E-state index contributed by atoms with van der Waals surface area (Å²) >= 11 is 0. The van der Waals surface area contributed by atoms with Gasteiger partial charge >= 0.3 is 8.80 Å². The highest BCUT2D eigenvalue weighted by atomic mass is 28.4. The van der Waals surface area contributed by atoms with Gasteiger partial charge in [0.25, 0.3) is 0 Å². The second-order valence-electron chi connectivity index (χ2n) is 4.74. The molecule has 4 nitrogen and oxygen atoms in total. The van der Waals surface area contributed by atoms with E-state index in [0.717, 1.165) is 38.4 Å². The Kier molecular flexibility index (Phi) is 8.72. The Bertz CT molecular complexity index is 336. The van der Waals surface area contributed by atoms with Crippen molar-refractivity contribution in [1.82, 2.24) is 5.32 Å². The van der Waals surface area contributed by atoms with E-state index in [1.54, 1.807) is 21.3 Å². The molecule has 0 aromatic heterocycles. The lowest BCUT2D eigenvalue weighted by atomic mass is 10.1. The fourth-order valence-corrected chi connectivity index (χ4v) is 3.95. The van der Waals surface area contributed by atoms with E-state index in [1.807, 2.05) is 0 Å². The van der Waals surface area contributed by atoms with E-state index in [4.69, 9.17) is 13.3 Å². The molecule has 0 amide bonds. The summed E-state index contributed by atoms with van der Waals surface area (Å²) in [6.07, 6.45) is 3.24. The van der Waals surface area contributed by atoms with Crippen molar-refractivity contribution in [3.8, 4) is 0 Å². The zero-order valence-electron chi connectivity index (χ0n) is 12.9. The molecule has 0 spiro atoms. The maximum Gasteiger partial charge on any atom is 0.500 e. The number of nitrogens with one attached hydrogen (secondary N) is 1. The molecule has 0 aliphatic heterocycles. The van der Waals surface area contributed by atoms with E-state index in [9.17, 15) is 0 Å². The second kappa shape index (κ2) is 10.1. The minimum absolute atomic E-state index is 0.872. The first kappa shape index (κ1) is 17.3. The molecule has 0 bridgehead atoms. The van der Waals surface area contributed by atoms with Crippen LogP contribution in [0.2, 0.25) is 6.04 Å². The van der Waals surface area contributed by atoms with Crippen LogP contribution in [-0.2, 0) is 19.7 Å². The van der Waals surface area contributed by atoms with Crippen LogP contribution >= 0.6 is 0 Å². The molecular formula is C15H27NO3Si. The van der Waals surface area contributed by atoms with Gasteiger partial charge in [0.05, 0.1) is 0 Å². The van der Waals surface area contributed by atoms with E-state index >= 15 is 0 Å². The van der Waals surface area contributed by atoms with Crippen LogP contribution in [0, 0.1) is 0 Å². The van der Waals surface area contributed by atoms with Gasteiger partial charge in [0.15, 0.2) is 0 Å². The molecule has 0 saturated heterocycles. The van der Waals surface area contributed by atoms with Crippen molar-refractivity contribution in [2.24, 2.45) is 0 Å². The van der Waals surface area contributed by atoms with Gasteiger partial charge < -0.3 is 18.6 Å². The molecule has 1 N–H and O–H groups in total. The highest BCUT2D eigenvalue weighted by Gasteiger charge is 2.36. The molecule has 20 heavy (non-hydrogen) atoms. The lowest BCUT2D eigenvalue weighted by Crippen LogP contribution is -2.42. The molecule has 5 heteroatoms. The van der Waals surface area contributed by atoms with Gasteiger partial charge in [-0.15, -0.1) is 0 Å². The van der Waals surface area contributed by atoms with E-state index in [-0.39, 0.29) is 0 Å². The third-order valence-corrected chi connectivity index (χ3v) is 6.28. The summed E-state index contributed by atoms with van der Waals surface area (Å²) in [7, 11) is 2.63. The zero-order chi connectivity index (χ0) is 14.7. The van der Waals surface area contributed by atoms with Gasteiger partial charge in [-0.2, -0.15) is 0 Å². The van der Waals surface area contributed by atoms with Crippen LogP contribution in [-0.4, -0.2) is 43.2 Å². The van der Waals surface area contributed by atoms with Crippen molar-refractivity contribution in [3.05, 3.63) is 35.9 Å². The van der Waals surface area contributed by atoms with Crippen molar-refractivity contribution >= 4 is 8.80 Å². The fourth-order valence-electron chi connectivity index (χ4n) is 2.15. The molecule has 1 aromatic carbocycles. The molecule has 0 aliphatic rings. The van der Waals surface area contributed by atoms with E-state index < -0.39 is 8.80 Å². The standard InChI is InChI=1S/C15H27NO3Si/c1-17-20(18-2,19-3)14-8-7-12-16-13-11-15-9-5-4-6-10-15/h4-6,9-10,16H,7-8,11-14H2,1-3H3. The maximum absolute atomic E-state index is 5.40. The van der Waals surface area contributed by atoms with E-state index in [1.165, 1.54) is 5.56 Å². The average molecular weight is 297 g/mol. The van der Waals surface area contributed by atoms with Gasteiger partial charge in [0, 0.05) is 27.4 Å². The third-order valence-electron chi connectivity index (χ3n) is 3.45. The van der Waals surface area contributed by atoms with Gasteiger partial charge in [-0.3, -0.25) is 0 Å². The van der Waals surface area contributed by atoms with Crippen molar-refractivity contribution in [2.45, 2.75) is 25.3 Å². The third kappa shape index (κ3) is 6.15. The first-order valence-corrected chi connectivity index (χ1v) is 9.09. The van der Waals surface area contributed by atoms with Crippen molar-refractivity contribution in [3.63, 3.8) is 0 Å². The molecule has 0 fully saturated rings. The molecule has 114 valence electrons. The SMILES string of the molecule is CO[Si](CCCCNCCc1ccccc1)(OC)OC. The first-order valence-electron chi connectivity index (χ1n) is 7.16. The highest BCUT2D eigenvalue weighted by Crippen LogP contribution is 2.15. The number of hydrogen-bond acceptors (Lipinski definition) is 4. The smallest absolute Gasteiger partial charge is 0.377 e. The summed E-state index contributed by atoms with van der Waals surface area (Å²) in [6.45, 7) is 2.04. The average Bonchev–Trinajstić information content (AvgIpc) is 2.52. The van der Waals surface area contributed by atoms with Gasteiger partial charge in [0.2, 0.25) is 0 Å². The summed E-state index contributed by atoms with van der Waals surface area (Å²) < 4.78 is 16.2. The number of rotatable bonds is 11. The topological polar surface area (TPSA) is 39.7 Å². The summed E-state index contributed by atoms with van der Waals surface area (Å²) in [5.74, 6) is 0. The van der Waals surface area contributed by atoms with Gasteiger partial charge in [-0.25, -0.2) is 0 Å². The first-order chi connectivity index (χ1) is 9.76. The Morgan fingerprint density at radius 1 is 0.900 bits per heavy atom. The van der Waals surface area contributed by atoms with Crippen LogP contribution in [0.1, 0.15) is 18.4 Å². The lowest BCUT2D eigenvalue weighted by molar-refractivity contribution is 0.123. The normalized spacial score (nSPS) is 11.8. The minimum Gasteiger partial charge on any atom is -0.377 e. The minimum atomic E-state index is -2.37. The second-order valence-corrected chi connectivity index (χ2v) is 7.83. The largest absolute Gasteiger partial charge is 0.500 e. The zero-order valence-corrected chi connectivity index (χ0v) is 13.9. The molecule has 0 aliphatic carbocycles. The Labute approximate surface area is 123 Å². The molecule has 0 atom stereocenters. The van der Waals surface area contributed by atoms with Crippen LogP contribution in [0.25, 0.3) is 0 Å². The van der Waals surface area contributed by atoms with Gasteiger partial charge in [-0.1, -0.05) is 30.3 Å². The van der Waals surface area contributed by atoms with Gasteiger partial charge in [0.1, 0.15) is 0 Å². The molecule has 1 aromatic rings. The maximum atomic E-state index is 5.40. The van der Waals surface area contributed by atoms with Crippen LogP contribution < -0.4 is 5.32 Å². The predicted octanol–water partition coefficient (Wildman–Crippen LogP) is 2.48. The molecule has 0 saturated carbocycles.